The van der Waals surface area contributed by atoms with Gasteiger partial charge in [-0.05, 0) is 18.2 Å². The fraction of sp³-hybridized carbons (Fsp3) is 0.250. The molecule has 108 valence electrons. The molecule has 0 bridgehead atoms. The average molecular weight is 284 g/mol. The van der Waals surface area contributed by atoms with E-state index in [2.05, 4.69) is 11.6 Å². The molecule has 0 amide bonds. The molecular formula is C16H17FN4. The molecule has 2 N–H and O–H groups in total. The van der Waals surface area contributed by atoms with Crippen LogP contribution in [0.4, 0.5) is 10.2 Å². The first-order valence-corrected chi connectivity index (χ1v) is 6.66. The minimum atomic E-state index is -0.547. The molecule has 5 heteroatoms. The summed E-state index contributed by atoms with van der Waals surface area (Å²) in [4.78, 5) is 4.56. The zero-order chi connectivity index (χ0) is 15.6. The minimum Gasteiger partial charge on any atom is -0.383 e. The van der Waals surface area contributed by atoms with Crippen molar-refractivity contribution < 1.29 is 4.39 Å². The third kappa shape index (κ3) is 2.65. The number of hydrogen-bond acceptors (Lipinski definition) is 3. The molecule has 0 aliphatic rings. The maximum Gasteiger partial charge on any atom is 0.140 e. The normalized spacial score (nSPS) is 10.6. The predicted molar refractivity (Wildman–Crippen MR) is 81.0 cm³/mol. The maximum atomic E-state index is 13.4. The number of anilines is 1. The second-order valence-electron chi connectivity index (χ2n) is 5.06. The molecule has 0 spiro atoms. The maximum absolute atomic E-state index is 13.4. The number of rotatable bonds is 4. The van der Waals surface area contributed by atoms with Crippen LogP contribution in [0.15, 0.2) is 30.9 Å². The lowest BCUT2D eigenvalue weighted by atomic mass is 10.1. The van der Waals surface area contributed by atoms with Gasteiger partial charge in [0.05, 0.1) is 5.56 Å². The van der Waals surface area contributed by atoms with Crippen LogP contribution in [-0.4, -0.2) is 9.55 Å². The van der Waals surface area contributed by atoms with E-state index in [0.29, 0.717) is 23.6 Å². The molecule has 0 fully saturated rings. The fourth-order valence-electron chi connectivity index (χ4n) is 2.22. The van der Waals surface area contributed by atoms with Crippen LogP contribution in [0, 0.1) is 17.1 Å². The quantitative estimate of drug-likeness (QED) is 0.874. The summed E-state index contributed by atoms with van der Waals surface area (Å²) in [6.07, 6.45) is 1.75. The van der Waals surface area contributed by atoms with Crippen molar-refractivity contribution in [1.82, 2.24) is 9.55 Å². The first kappa shape index (κ1) is 14.8. The van der Waals surface area contributed by atoms with E-state index < -0.39 is 5.82 Å². The number of benzene rings is 1. The van der Waals surface area contributed by atoms with E-state index in [9.17, 15) is 4.39 Å². The lowest BCUT2D eigenvalue weighted by Crippen LogP contribution is -2.07. The number of nitriles is 1. The molecule has 1 aromatic heterocycles. The van der Waals surface area contributed by atoms with Crippen molar-refractivity contribution in [3.8, 4) is 17.3 Å². The number of allylic oxidation sites excluding steroid dienone is 1. The van der Waals surface area contributed by atoms with Crippen LogP contribution in [0.3, 0.4) is 0 Å². The molecule has 1 heterocycles. The van der Waals surface area contributed by atoms with E-state index in [1.807, 2.05) is 24.5 Å². The second kappa shape index (κ2) is 5.80. The molecule has 2 aromatic rings. The fourth-order valence-corrected chi connectivity index (χ4v) is 2.22. The van der Waals surface area contributed by atoms with Gasteiger partial charge >= 0.3 is 0 Å². The molecule has 2 rings (SSSR count). The number of nitrogens with two attached hydrogens (primary N) is 1. The van der Waals surface area contributed by atoms with Gasteiger partial charge in [-0.2, -0.15) is 5.26 Å². The molecule has 1 aromatic carbocycles. The molecule has 0 radical (unpaired) electrons. The Morgan fingerprint density at radius 1 is 1.52 bits per heavy atom. The Morgan fingerprint density at radius 3 is 2.81 bits per heavy atom. The lowest BCUT2D eigenvalue weighted by Gasteiger charge is -2.09. The largest absolute Gasteiger partial charge is 0.383 e. The number of nitrogens with zero attached hydrogens (tertiary/aromatic N) is 3. The zero-order valence-electron chi connectivity index (χ0n) is 12.1. The summed E-state index contributed by atoms with van der Waals surface area (Å²) < 4.78 is 15.3. The van der Waals surface area contributed by atoms with Crippen LogP contribution in [0.2, 0.25) is 0 Å². The van der Waals surface area contributed by atoms with Crippen LogP contribution in [0.1, 0.15) is 31.2 Å². The Hall–Kier alpha value is -2.61. The van der Waals surface area contributed by atoms with Crippen molar-refractivity contribution in [2.24, 2.45) is 0 Å². The summed E-state index contributed by atoms with van der Waals surface area (Å²) in [5, 5.41) is 8.93. The number of halogens is 1. The van der Waals surface area contributed by atoms with Gasteiger partial charge in [0.2, 0.25) is 0 Å². The van der Waals surface area contributed by atoms with Crippen LogP contribution in [0.5, 0.6) is 0 Å². The topological polar surface area (TPSA) is 67.6 Å². The molecule has 21 heavy (non-hydrogen) atoms. The summed E-state index contributed by atoms with van der Waals surface area (Å²) in [6, 6.07) is 6.14. The highest BCUT2D eigenvalue weighted by Crippen LogP contribution is 2.30. The van der Waals surface area contributed by atoms with Gasteiger partial charge in [-0.15, -0.1) is 6.58 Å². The first-order valence-electron chi connectivity index (χ1n) is 6.66. The van der Waals surface area contributed by atoms with Gasteiger partial charge in [0, 0.05) is 18.0 Å². The molecule has 0 aliphatic carbocycles. The van der Waals surface area contributed by atoms with Crippen molar-refractivity contribution in [2.75, 3.05) is 5.73 Å². The van der Waals surface area contributed by atoms with E-state index in [4.69, 9.17) is 11.0 Å². The number of hydrogen-bond donors (Lipinski definition) is 1. The third-order valence-corrected chi connectivity index (χ3v) is 3.22. The van der Waals surface area contributed by atoms with E-state index in [0.717, 1.165) is 5.82 Å². The molecule has 0 aliphatic heterocycles. The van der Waals surface area contributed by atoms with Crippen molar-refractivity contribution in [1.29, 1.82) is 5.26 Å². The molecule has 0 atom stereocenters. The Kier molecular flexibility index (Phi) is 4.08. The number of nitrogen functional groups attached to an aromatic ring is 1. The van der Waals surface area contributed by atoms with Gasteiger partial charge < -0.3 is 10.3 Å². The van der Waals surface area contributed by atoms with E-state index in [1.54, 1.807) is 12.1 Å². The van der Waals surface area contributed by atoms with Crippen molar-refractivity contribution in [3.63, 3.8) is 0 Å². The van der Waals surface area contributed by atoms with Gasteiger partial charge in [0.25, 0.3) is 0 Å². The van der Waals surface area contributed by atoms with E-state index >= 15 is 0 Å². The van der Waals surface area contributed by atoms with E-state index in [-0.39, 0.29) is 11.5 Å². The van der Waals surface area contributed by atoms with Gasteiger partial charge in [-0.1, -0.05) is 19.9 Å². The Labute approximate surface area is 123 Å². The van der Waals surface area contributed by atoms with Gasteiger partial charge in [0.1, 0.15) is 29.2 Å². The summed E-state index contributed by atoms with van der Waals surface area (Å²) in [6.45, 7) is 8.32. The zero-order valence-corrected chi connectivity index (χ0v) is 12.1. The summed E-state index contributed by atoms with van der Waals surface area (Å²) >= 11 is 0. The highest BCUT2D eigenvalue weighted by Gasteiger charge is 2.18. The lowest BCUT2D eigenvalue weighted by molar-refractivity contribution is 0.624. The molecule has 0 unspecified atom stereocenters. The van der Waals surface area contributed by atoms with E-state index in [1.165, 1.54) is 12.1 Å². The van der Waals surface area contributed by atoms with Crippen molar-refractivity contribution in [2.45, 2.75) is 26.3 Å². The predicted octanol–water partition coefficient (Wildman–Crippen LogP) is 3.45. The monoisotopic (exact) mass is 284 g/mol. The average Bonchev–Trinajstić information content (AvgIpc) is 2.78. The molecule has 0 saturated carbocycles. The SMILES string of the molecule is C=CCn1c(C(C)C)nc(-c2ccc(F)c(C#N)c2)c1N. The van der Waals surface area contributed by atoms with Crippen LogP contribution in [0.25, 0.3) is 11.3 Å². The summed E-state index contributed by atoms with van der Waals surface area (Å²) in [5.41, 5.74) is 7.35. The van der Waals surface area contributed by atoms with Gasteiger partial charge in [-0.25, -0.2) is 9.37 Å². The standard InChI is InChI=1S/C16H17FN4/c1-4-7-21-15(19)14(20-16(21)10(2)3)11-5-6-13(17)12(8-11)9-18/h4-6,8,10H,1,7,19H2,2-3H3. The van der Waals surface area contributed by atoms with Gasteiger partial charge in [0.15, 0.2) is 0 Å². The van der Waals surface area contributed by atoms with Gasteiger partial charge in [-0.3, -0.25) is 0 Å². The van der Waals surface area contributed by atoms with Crippen LogP contribution < -0.4 is 5.73 Å². The third-order valence-electron chi connectivity index (χ3n) is 3.22. The molecule has 0 saturated heterocycles. The second-order valence-corrected chi connectivity index (χ2v) is 5.06. The Bertz CT molecular complexity index is 723. The molecule has 4 nitrogen and oxygen atoms in total. The Balaban J connectivity index is 2.62. The smallest absolute Gasteiger partial charge is 0.140 e. The minimum absolute atomic E-state index is 0.0173. The van der Waals surface area contributed by atoms with Crippen LogP contribution >= 0.6 is 0 Å². The molecular weight excluding hydrogens is 267 g/mol. The number of imidazole rings is 1. The summed E-state index contributed by atoms with van der Waals surface area (Å²) in [5.74, 6) is 0.977. The highest BCUT2D eigenvalue weighted by atomic mass is 19.1. The number of aromatic nitrogens is 2. The first-order chi connectivity index (χ1) is 9.99. The van der Waals surface area contributed by atoms with Crippen molar-refractivity contribution in [3.05, 3.63) is 48.1 Å². The Morgan fingerprint density at radius 2 is 2.24 bits per heavy atom. The highest BCUT2D eigenvalue weighted by molar-refractivity contribution is 5.72. The van der Waals surface area contributed by atoms with Crippen LogP contribution in [-0.2, 0) is 6.54 Å². The summed E-state index contributed by atoms with van der Waals surface area (Å²) in [7, 11) is 0. The van der Waals surface area contributed by atoms with Crippen molar-refractivity contribution >= 4 is 5.82 Å².